The van der Waals surface area contributed by atoms with E-state index >= 15 is 0 Å². The summed E-state index contributed by atoms with van der Waals surface area (Å²) in [6.45, 7) is 1.91. The molecule has 0 spiro atoms. The van der Waals surface area contributed by atoms with E-state index in [0.717, 1.165) is 12.0 Å². The number of anilines is 2. The Morgan fingerprint density at radius 1 is 1.26 bits per heavy atom. The lowest BCUT2D eigenvalue weighted by Gasteiger charge is -2.16. The van der Waals surface area contributed by atoms with Gasteiger partial charge in [0.1, 0.15) is 5.76 Å². The molecule has 1 aromatic heterocycles. The van der Waals surface area contributed by atoms with Crippen LogP contribution in [-0.4, -0.2) is 14.7 Å². The maximum Gasteiger partial charge on any atom is 0.177 e. The molecule has 5 nitrogen and oxygen atoms in total. The molecule has 0 saturated carbocycles. The standard InChI is InChI=1S/C13H16N2O3S/c1-9(11-6-4-8-18-11)15-10-5-3-7-12(13(10)14)19(2,16)17/h3-9,15H,14H2,1-2H3. The van der Waals surface area contributed by atoms with Crippen LogP contribution in [0, 0.1) is 0 Å². The van der Waals surface area contributed by atoms with E-state index in [0.29, 0.717) is 5.69 Å². The molecule has 1 aromatic carbocycles. The highest BCUT2D eigenvalue weighted by Gasteiger charge is 2.16. The molecule has 0 bridgehead atoms. The first kappa shape index (κ1) is 13.5. The normalized spacial score (nSPS) is 13.2. The molecule has 0 radical (unpaired) electrons. The summed E-state index contributed by atoms with van der Waals surface area (Å²) in [4.78, 5) is 0.129. The Hall–Kier alpha value is -1.95. The molecule has 3 N–H and O–H groups in total. The zero-order chi connectivity index (χ0) is 14.0. The minimum Gasteiger partial charge on any atom is -0.467 e. The zero-order valence-electron chi connectivity index (χ0n) is 10.8. The van der Waals surface area contributed by atoms with Gasteiger partial charge < -0.3 is 15.5 Å². The average Bonchev–Trinajstić information content (AvgIpc) is 2.83. The second kappa shape index (κ2) is 4.97. The number of para-hydroxylation sites is 1. The first-order chi connectivity index (χ1) is 8.89. The largest absolute Gasteiger partial charge is 0.467 e. The molecule has 2 rings (SSSR count). The van der Waals surface area contributed by atoms with Gasteiger partial charge in [0.2, 0.25) is 0 Å². The lowest BCUT2D eigenvalue weighted by Crippen LogP contribution is -2.10. The molecule has 0 aliphatic carbocycles. The van der Waals surface area contributed by atoms with Crippen LogP contribution >= 0.6 is 0 Å². The van der Waals surface area contributed by atoms with Gasteiger partial charge >= 0.3 is 0 Å². The molecule has 0 amide bonds. The Morgan fingerprint density at radius 3 is 2.58 bits per heavy atom. The summed E-state index contributed by atoms with van der Waals surface area (Å²) >= 11 is 0. The number of rotatable bonds is 4. The van der Waals surface area contributed by atoms with E-state index < -0.39 is 9.84 Å². The highest BCUT2D eigenvalue weighted by atomic mass is 32.2. The third-order valence-corrected chi connectivity index (χ3v) is 3.96. The van der Waals surface area contributed by atoms with Crippen LogP contribution in [0.5, 0.6) is 0 Å². The summed E-state index contributed by atoms with van der Waals surface area (Å²) in [5.41, 5.74) is 6.70. The van der Waals surface area contributed by atoms with E-state index in [1.165, 1.54) is 6.07 Å². The number of benzene rings is 1. The highest BCUT2D eigenvalue weighted by molar-refractivity contribution is 7.90. The smallest absolute Gasteiger partial charge is 0.177 e. The summed E-state index contributed by atoms with van der Waals surface area (Å²) in [5.74, 6) is 0.754. The highest BCUT2D eigenvalue weighted by Crippen LogP contribution is 2.29. The molecular formula is C13H16N2O3S. The molecule has 1 unspecified atom stereocenters. The third-order valence-electron chi connectivity index (χ3n) is 2.81. The van der Waals surface area contributed by atoms with Gasteiger partial charge in [-0.2, -0.15) is 0 Å². The van der Waals surface area contributed by atoms with E-state index in [1.807, 2.05) is 13.0 Å². The van der Waals surface area contributed by atoms with Crippen LogP contribution in [0.2, 0.25) is 0 Å². The SMILES string of the molecule is CC(Nc1cccc(S(C)(=O)=O)c1N)c1ccco1. The van der Waals surface area contributed by atoms with Crippen LogP contribution in [0.25, 0.3) is 0 Å². The van der Waals surface area contributed by atoms with Crippen LogP contribution in [-0.2, 0) is 9.84 Å². The van der Waals surface area contributed by atoms with Crippen molar-refractivity contribution < 1.29 is 12.8 Å². The lowest BCUT2D eigenvalue weighted by molar-refractivity contribution is 0.490. The molecule has 0 aliphatic rings. The summed E-state index contributed by atoms with van der Waals surface area (Å²) in [6, 6.07) is 8.42. The van der Waals surface area contributed by atoms with Crippen molar-refractivity contribution in [2.75, 3.05) is 17.3 Å². The van der Waals surface area contributed by atoms with E-state index in [-0.39, 0.29) is 16.6 Å². The van der Waals surface area contributed by atoms with Crippen molar-refractivity contribution in [2.24, 2.45) is 0 Å². The van der Waals surface area contributed by atoms with Crippen LogP contribution in [0.1, 0.15) is 18.7 Å². The van der Waals surface area contributed by atoms with Gasteiger partial charge in [0.15, 0.2) is 9.84 Å². The predicted octanol–water partition coefficient (Wildman–Crippen LogP) is 2.44. The molecule has 1 atom stereocenters. The van der Waals surface area contributed by atoms with Crippen molar-refractivity contribution in [1.29, 1.82) is 0 Å². The third kappa shape index (κ3) is 2.90. The van der Waals surface area contributed by atoms with Gasteiger partial charge in [0.05, 0.1) is 28.6 Å². The Balaban J connectivity index is 2.32. The van der Waals surface area contributed by atoms with Crippen molar-refractivity contribution in [1.82, 2.24) is 0 Å². The summed E-state index contributed by atoms with van der Waals surface area (Å²) in [6.07, 6.45) is 2.72. The molecular weight excluding hydrogens is 264 g/mol. The number of sulfone groups is 1. The van der Waals surface area contributed by atoms with E-state index in [1.54, 1.807) is 24.5 Å². The molecule has 2 aromatic rings. The minimum atomic E-state index is -3.33. The van der Waals surface area contributed by atoms with E-state index in [2.05, 4.69) is 5.32 Å². The van der Waals surface area contributed by atoms with Gasteiger partial charge in [0, 0.05) is 6.26 Å². The van der Waals surface area contributed by atoms with Gasteiger partial charge in [0.25, 0.3) is 0 Å². The zero-order valence-corrected chi connectivity index (χ0v) is 11.6. The number of hydrogen-bond donors (Lipinski definition) is 2. The number of furan rings is 1. The number of nitrogen functional groups attached to an aromatic ring is 1. The number of hydrogen-bond acceptors (Lipinski definition) is 5. The summed E-state index contributed by atoms with van der Waals surface area (Å²) in [7, 11) is -3.33. The summed E-state index contributed by atoms with van der Waals surface area (Å²) < 4.78 is 28.5. The van der Waals surface area contributed by atoms with Gasteiger partial charge in [-0.15, -0.1) is 0 Å². The van der Waals surface area contributed by atoms with Gasteiger partial charge in [-0.05, 0) is 31.2 Å². The number of nitrogens with two attached hydrogens (primary N) is 1. The molecule has 102 valence electrons. The predicted molar refractivity (Wildman–Crippen MR) is 74.7 cm³/mol. The quantitative estimate of drug-likeness (QED) is 0.840. The summed E-state index contributed by atoms with van der Waals surface area (Å²) in [5, 5.41) is 3.14. The Kier molecular flexibility index (Phi) is 3.53. The van der Waals surface area contributed by atoms with Crippen LogP contribution < -0.4 is 11.1 Å². The van der Waals surface area contributed by atoms with Gasteiger partial charge in [-0.3, -0.25) is 0 Å². The lowest BCUT2D eigenvalue weighted by atomic mass is 10.2. The maximum absolute atomic E-state index is 11.6. The molecule has 0 fully saturated rings. The minimum absolute atomic E-state index is 0.105. The topological polar surface area (TPSA) is 85.3 Å². The number of nitrogens with one attached hydrogen (secondary N) is 1. The fourth-order valence-corrected chi connectivity index (χ4v) is 2.67. The van der Waals surface area contributed by atoms with Crippen LogP contribution in [0.15, 0.2) is 45.9 Å². The Labute approximate surface area is 112 Å². The monoisotopic (exact) mass is 280 g/mol. The average molecular weight is 280 g/mol. The van der Waals surface area contributed by atoms with Crippen molar-refractivity contribution in [2.45, 2.75) is 17.9 Å². The van der Waals surface area contributed by atoms with Crippen LogP contribution in [0.4, 0.5) is 11.4 Å². The van der Waals surface area contributed by atoms with E-state index in [9.17, 15) is 8.42 Å². The fraction of sp³-hybridized carbons (Fsp3) is 0.231. The van der Waals surface area contributed by atoms with Gasteiger partial charge in [-0.1, -0.05) is 6.07 Å². The van der Waals surface area contributed by atoms with Crippen molar-refractivity contribution in [3.8, 4) is 0 Å². The second-order valence-electron chi connectivity index (χ2n) is 4.37. The maximum atomic E-state index is 11.6. The molecule has 19 heavy (non-hydrogen) atoms. The first-order valence-electron chi connectivity index (χ1n) is 5.78. The molecule has 0 saturated heterocycles. The van der Waals surface area contributed by atoms with Crippen molar-refractivity contribution in [3.05, 3.63) is 42.4 Å². The Morgan fingerprint density at radius 2 is 2.00 bits per heavy atom. The first-order valence-corrected chi connectivity index (χ1v) is 7.67. The fourth-order valence-electron chi connectivity index (χ4n) is 1.84. The van der Waals surface area contributed by atoms with Crippen molar-refractivity contribution >= 4 is 21.2 Å². The molecule has 0 aliphatic heterocycles. The van der Waals surface area contributed by atoms with Crippen LogP contribution in [0.3, 0.4) is 0 Å². The van der Waals surface area contributed by atoms with E-state index in [4.69, 9.17) is 10.2 Å². The second-order valence-corrected chi connectivity index (χ2v) is 6.36. The Bertz CT molecular complexity index is 663. The molecule has 1 heterocycles. The van der Waals surface area contributed by atoms with Crippen molar-refractivity contribution in [3.63, 3.8) is 0 Å². The molecule has 6 heteroatoms. The van der Waals surface area contributed by atoms with Gasteiger partial charge in [-0.25, -0.2) is 8.42 Å².